The molecule has 28 heavy (non-hydrogen) atoms. The normalized spacial score (nSPS) is 20.3. The Morgan fingerprint density at radius 1 is 0.714 bits per heavy atom. The highest BCUT2D eigenvalue weighted by atomic mass is 35.5. The molecule has 0 heterocycles. The van der Waals surface area contributed by atoms with E-state index in [0.717, 1.165) is 25.7 Å². The summed E-state index contributed by atoms with van der Waals surface area (Å²) in [4.78, 5) is 9.22. The van der Waals surface area contributed by atoms with Crippen molar-refractivity contribution < 1.29 is 10.2 Å². The maximum atomic E-state index is 10.0. The highest BCUT2D eigenvalue weighted by Crippen LogP contribution is 2.33. The molecule has 2 aromatic rings. The molecule has 0 aromatic heterocycles. The third-order valence-corrected chi connectivity index (χ3v) is 6.34. The zero-order valence-electron chi connectivity index (χ0n) is 14.7. The Hall–Kier alpha value is -1.46. The molecule has 0 spiro atoms. The van der Waals surface area contributed by atoms with E-state index in [1.165, 1.54) is 24.3 Å². The molecule has 0 unspecified atom stereocenters. The molecule has 1 saturated carbocycles. The van der Waals surface area contributed by atoms with Crippen molar-refractivity contribution in [3.8, 4) is 11.5 Å². The molecule has 1 fully saturated rings. The molecule has 0 radical (unpaired) electrons. The minimum atomic E-state index is -0.0837. The fourth-order valence-corrected chi connectivity index (χ4v) is 3.88. The van der Waals surface area contributed by atoms with E-state index in [1.54, 1.807) is 12.4 Å². The lowest BCUT2D eigenvalue weighted by Gasteiger charge is -2.25. The molecule has 2 atom stereocenters. The Morgan fingerprint density at radius 2 is 1.11 bits per heavy atom. The molecule has 0 saturated heterocycles. The highest BCUT2D eigenvalue weighted by Gasteiger charge is 2.24. The highest BCUT2D eigenvalue weighted by molar-refractivity contribution is 6.44. The standard InChI is InChI=1S/C20H18Cl4N2O2/c21-13-5-7-17(27)11(19(13)23)9-25-15-3-1-2-4-16(15)26-10-12-18(28)8-6-14(22)20(12)24/h5-10,15-16,27-28H,1-4H2/t15-,16-/m1/s1. The molecule has 2 N–H and O–H groups in total. The number of rotatable bonds is 4. The lowest BCUT2D eigenvalue weighted by molar-refractivity contribution is 0.390. The second-order valence-electron chi connectivity index (χ2n) is 6.56. The molecule has 1 aliphatic carbocycles. The fraction of sp³-hybridized carbons (Fsp3) is 0.300. The maximum Gasteiger partial charge on any atom is 0.125 e. The summed E-state index contributed by atoms with van der Waals surface area (Å²) in [5, 5.41) is 21.3. The smallest absolute Gasteiger partial charge is 0.125 e. The topological polar surface area (TPSA) is 65.2 Å². The molecule has 0 aliphatic heterocycles. The van der Waals surface area contributed by atoms with Crippen LogP contribution in [0.25, 0.3) is 0 Å². The van der Waals surface area contributed by atoms with Gasteiger partial charge in [0.05, 0.1) is 43.3 Å². The molecule has 1 aliphatic rings. The zero-order valence-corrected chi connectivity index (χ0v) is 17.8. The SMILES string of the molecule is Oc1ccc(Cl)c(Cl)c1C=N[C@@H]1CCCC[C@H]1N=Cc1c(O)ccc(Cl)c1Cl. The number of hydrogen-bond acceptors (Lipinski definition) is 4. The van der Waals surface area contributed by atoms with Crippen LogP contribution < -0.4 is 0 Å². The van der Waals surface area contributed by atoms with Crippen LogP contribution in [-0.2, 0) is 0 Å². The Balaban J connectivity index is 1.84. The monoisotopic (exact) mass is 458 g/mol. The number of halogens is 4. The van der Waals surface area contributed by atoms with E-state index in [2.05, 4.69) is 9.98 Å². The third-order valence-electron chi connectivity index (χ3n) is 4.70. The number of phenolic OH excluding ortho intramolecular Hbond substituents is 2. The predicted molar refractivity (Wildman–Crippen MR) is 117 cm³/mol. The van der Waals surface area contributed by atoms with Gasteiger partial charge in [0.1, 0.15) is 11.5 Å². The number of aromatic hydroxyl groups is 2. The van der Waals surface area contributed by atoms with Crippen LogP contribution in [0.3, 0.4) is 0 Å². The van der Waals surface area contributed by atoms with Crippen molar-refractivity contribution in [1.82, 2.24) is 0 Å². The van der Waals surface area contributed by atoms with Crippen LogP contribution in [-0.4, -0.2) is 34.7 Å². The van der Waals surface area contributed by atoms with E-state index < -0.39 is 0 Å². The van der Waals surface area contributed by atoms with Crippen LogP contribution in [0, 0.1) is 0 Å². The molecule has 148 valence electrons. The molecular formula is C20H18Cl4N2O2. The predicted octanol–water partition coefficient (Wildman–Crippen LogP) is 6.56. The van der Waals surface area contributed by atoms with Crippen LogP contribution in [0.4, 0.5) is 0 Å². The van der Waals surface area contributed by atoms with Crippen LogP contribution in [0.1, 0.15) is 36.8 Å². The summed E-state index contributed by atoms with van der Waals surface area (Å²) < 4.78 is 0. The second-order valence-corrected chi connectivity index (χ2v) is 8.13. The minimum absolute atomic E-state index is 0.0182. The van der Waals surface area contributed by atoms with E-state index in [0.29, 0.717) is 21.2 Å². The summed E-state index contributed by atoms with van der Waals surface area (Å²) in [6.45, 7) is 0. The number of benzene rings is 2. The van der Waals surface area contributed by atoms with Crippen molar-refractivity contribution in [1.29, 1.82) is 0 Å². The van der Waals surface area contributed by atoms with Crippen molar-refractivity contribution in [3.05, 3.63) is 55.5 Å². The van der Waals surface area contributed by atoms with E-state index in [9.17, 15) is 10.2 Å². The number of phenols is 2. The van der Waals surface area contributed by atoms with Gasteiger partial charge in [-0.25, -0.2) is 0 Å². The first kappa shape index (κ1) is 21.3. The van der Waals surface area contributed by atoms with Crippen LogP contribution in [0.5, 0.6) is 11.5 Å². The average molecular weight is 460 g/mol. The summed E-state index contributed by atoms with van der Waals surface area (Å²) in [6, 6.07) is 5.86. The molecule has 4 nitrogen and oxygen atoms in total. The van der Waals surface area contributed by atoms with Gasteiger partial charge in [-0.05, 0) is 37.1 Å². The first-order chi connectivity index (χ1) is 13.4. The van der Waals surface area contributed by atoms with Crippen molar-refractivity contribution >= 4 is 58.8 Å². The maximum absolute atomic E-state index is 10.0. The van der Waals surface area contributed by atoms with E-state index in [4.69, 9.17) is 46.4 Å². The largest absolute Gasteiger partial charge is 0.507 e. The lowest BCUT2D eigenvalue weighted by atomic mass is 9.91. The zero-order chi connectivity index (χ0) is 20.3. The number of nitrogens with zero attached hydrogens (tertiary/aromatic N) is 2. The molecule has 0 bridgehead atoms. The molecule has 0 amide bonds. The summed E-state index contributed by atoms with van der Waals surface area (Å²) in [5.41, 5.74) is 0.774. The van der Waals surface area contributed by atoms with Gasteiger partial charge in [0.25, 0.3) is 0 Å². The van der Waals surface area contributed by atoms with Gasteiger partial charge in [0.15, 0.2) is 0 Å². The third kappa shape index (κ3) is 4.74. The summed E-state index contributed by atoms with van der Waals surface area (Å²) in [6.07, 6.45) is 6.87. The molecule has 8 heteroatoms. The summed E-state index contributed by atoms with van der Waals surface area (Å²) in [5.74, 6) is 0.0364. The van der Waals surface area contributed by atoms with Crippen LogP contribution in [0.2, 0.25) is 20.1 Å². The quantitative estimate of drug-likeness (QED) is 0.508. The van der Waals surface area contributed by atoms with Gasteiger partial charge < -0.3 is 10.2 Å². The fourth-order valence-electron chi connectivity index (χ4n) is 3.14. The van der Waals surface area contributed by atoms with Gasteiger partial charge in [0.2, 0.25) is 0 Å². The first-order valence-corrected chi connectivity index (χ1v) is 10.3. The Bertz CT molecular complexity index is 855. The van der Waals surface area contributed by atoms with Crippen molar-refractivity contribution in [2.75, 3.05) is 0 Å². The molecule has 3 rings (SSSR count). The number of hydrogen-bond donors (Lipinski definition) is 2. The van der Waals surface area contributed by atoms with Crippen LogP contribution >= 0.6 is 46.4 Å². The van der Waals surface area contributed by atoms with Gasteiger partial charge in [-0.3, -0.25) is 9.98 Å². The van der Waals surface area contributed by atoms with Gasteiger partial charge in [-0.2, -0.15) is 0 Å². The Kier molecular flexibility index (Phi) is 7.10. The van der Waals surface area contributed by atoms with Crippen LogP contribution in [0.15, 0.2) is 34.3 Å². The van der Waals surface area contributed by atoms with Crippen molar-refractivity contribution in [2.24, 2.45) is 9.98 Å². The van der Waals surface area contributed by atoms with Gasteiger partial charge in [-0.15, -0.1) is 0 Å². The minimum Gasteiger partial charge on any atom is -0.507 e. The second kappa shape index (κ2) is 9.36. The number of aliphatic imine (C=N–C) groups is 2. The van der Waals surface area contributed by atoms with Crippen molar-refractivity contribution in [2.45, 2.75) is 37.8 Å². The Labute approximate surface area is 183 Å². The molecule has 2 aromatic carbocycles. The van der Waals surface area contributed by atoms with E-state index in [-0.39, 0.29) is 33.6 Å². The van der Waals surface area contributed by atoms with Gasteiger partial charge in [0, 0.05) is 12.4 Å². The van der Waals surface area contributed by atoms with E-state index >= 15 is 0 Å². The Morgan fingerprint density at radius 3 is 1.50 bits per heavy atom. The first-order valence-electron chi connectivity index (χ1n) is 8.78. The molecular weight excluding hydrogens is 442 g/mol. The van der Waals surface area contributed by atoms with Gasteiger partial charge in [-0.1, -0.05) is 59.2 Å². The average Bonchev–Trinajstić information content (AvgIpc) is 2.69. The van der Waals surface area contributed by atoms with Gasteiger partial charge >= 0.3 is 0 Å². The summed E-state index contributed by atoms with van der Waals surface area (Å²) in [7, 11) is 0. The van der Waals surface area contributed by atoms with Crippen molar-refractivity contribution in [3.63, 3.8) is 0 Å². The van der Waals surface area contributed by atoms with E-state index in [1.807, 2.05) is 0 Å². The lowest BCUT2D eigenvalue weighted by Crippen LogP contribution is -2.27. The summed E-state index contributed by atoms with van der Waals surface area (Å²) >= 11 is 24.4.